The van der Waals surface area contributed by atoms with Gasteiger partial charge in [0, 0.05) is 42.3 Å². The summed E-state index contributed by atoms with van der Waals surface area (Å²) in [6.07, 6.45) is -3.20. The number of hydrogen-bond acceptors (Lipinski definition) is 5. The van der Waals surface area contributed by atoms with Gasteiger partial charge in [0.2, 0.25) is 11.8 Å². The van der Waals surface area contributed by atoms with Gasteiger partial charge in [-0.25, -0.2) is 0 Å². The average molecular weight is 516 g/mol. The number of amides is 2. The molecule has 11 heteroatoms. The average Bonchev–Trinajstić information content (AvgIpc) is 3.61. The molecule has 2 amide bonds. The van der Waals surface area contributed by atoms with Gasteiger partial charge in [-0.3, -0.25) is 24.9 Å². The Morgan fingerprint density at radius 1 is 1.24 bits per heavy atom. The fourth-order valence-corrected chi connectivity index (χ4v) is 5.34. The second-order valence-electron chi connectivity index (χ2n) is 10.5. The first-order valence-corrected chi connectivity index (χ1v) is 12.2. The Hall–Kier alpha value is -3.63. The van der Waals surface area contributed by atoms with Crippen molar-refractivity contribution >= 4 is 17.8 Å². The van der Waals surface area contributed by atoms with Crippen molar-refractivity contribution in [3.05, 3.63) is 59.9 Å². The van der Waals surface area contributed by atoms with Crippen molar-refractivity contribution in [1.29, 1.82) is 5.41 Å². The molecule has 2 fully saturated rings. The lowest BCUT2D eigenvalue weighted by Crippen LogP contribution is -2.60. The number of hydrogen-bond donors (Lipinski definition) is 3. The van der Waals surface area contributed by atoms with Gasteiger partial charge in [-0.2, -0.15) is 13.2 Å². The lowest BCUT2D eigenvalue weighted by atomic mass is 9.93. The predicted molar refractivity (Wildman–Crippen MR) is 127 cm³/mol. The summed E-state index contributed by atoms with van der Waals surface area (Å²) in [4.78, 5) is 32.0. The standard InChI is InChI=1S/C26H28F3N5O3/c1-25(2)12-21(35)34(24(30)33-25)22(14-6-5-9-31-13-14)16-10-17(16)23(36)32-18-11-20(26(27,28)29)37-19-8-4-3-7-15(18)19/h3-9,13,16-18,20,22H,10-12H2,1-2H3,(H2,30,33)(H,32,36)/t16-,17-,18+,20-,22-/m1/s1. The van der Waals surface area contributed by atoms with Crippen LogP contribution in [0.25, 0.3) is 0 Å². The number of rotatable bonds is 5. The van der Waals surface area contributed by atoms with Crippen LogP contribution in [0.4, 0.5) is 13.2 Å². The molecule has 8 nitrogen and oxygen atoms in total. The monoisotopic (exact) mass is 515 g/mol. The van der Waals surface area contributed by atoms with Crippen molar-refractivity contribution in [1.82, 2.24) is 20.5 Å². The van der Waals surface area contributed by atoms with Crippen molar-refractivity contribution < 1.29 is 27.5 Å². The maximum absolute atomic E-state index is 13.5. The molecule has 0 spiro atoms. The molecule has 0 unspecified atom stereocenters. The van der Waals surface area contributed by atoms with Gasteiger partial charge in [0.15, 0.2) is 12.1 Å². The van der Waals surface area contributed by atoms with Gasteiger partial charge in [-0.05, 0) is 43.9 Å². The van der Waals surface area contributed by atoms with E-state index in [9.17, 15) is 22.8 Å². The highest BCUT2D eigenvalue weighted by atomic mass is 19.4. The molecule has 37 heavy (non-hydrogen) atoms. The first kappa shape index (κ1) is 25.0. The number of nitrogens with one attached hydrogen (secondary N) is 3. The third-order valence-electron chi connectivity index (χ3n) is 7.14. The quantitative estimate of drug-likeness (QED) is 0.561. The van der Waals surface area contributed by atoms with E-state index in [4.69, 9.17) is 10.1 Å². The van der Waals surface area contributed by atoms with Crippen molar-refractivity contribution in [2.24, 2.45) is 11.8 Å². The van der Waals surface area contributed by atoms with Gasteiger partial charge in [-0.15, -0.1) is 0 Å². The molecular formula is C26H28F3N5O3. The number of nitrogens with zero attached hydrogens (tertiary/aromatic N) is 2. The van der Waals surface area contributed by atoms with Crippen molar-refractivity contribution in [3.8, 4) is 5.75 Å². The fourth-order valence-electron chi connectivity index (χ4n) is 5.34. The number of aromatic nitrogens is 1. The third-order valence-corrected chi connectivity index (χ3v) is 7.14. The lowest BCUT2D eigenvalue weighted by Gasteiger charge is -2.42. The minimum Gasteiger partial charge on any atom is -0.480 e. The number of ether oxygens (including phenoxy) is 1. The van der Waals surface area contributed by atoms with E-state index >= 15 is 0 Å². The summed E-state index contributed by atoms with van der Waals surface area (Å²) in [6.45, 7) is 3.67. The normalized spacial score (nSPS) is 27.4. The smallest absolute Gasteiger partial charge is 0.425 e. The van der Waals surface area contributed by atoms with Crippen LogP contribution in [0.1, 0.15) is 56.3 Å². The lowest BCUT2D eigenvalue weighted by molar-refractivity contribution is -0.201. The SMILES string of the molecule is CC1(C)CC(=O)N([C@H](c2cccnc2)[C@@H]2C[C@H]2C(=O)N[C@H]2C[C@H](C(F)(F)F)Oc3ccccc32)C(=N)N1. The Morgan fingerprint density at radius 3 is 2.68 bits per heavy atom. The van der Waals surface area contributed by atoms with E-state index in [-0.39, 0.29) is 35.9 Å². The number of fused-ring (bicyclic) bond motifs is 1. The van der Waals surface area contributed by atoms with E-state index in [0.717, 1.165) is 0 Å². The summed E-state index contributed by atoms with van der Waals surface area (Å²) in [5, 5.41) is 14.4. The Kier molecular flexibility index (Phi) is 6.12. The molecule has 0 radical (unpaired) electrons. The van der Waals surface area contributed by atoms with Gasteiger partial charge in [0.25, 0.3) is 0 Å². The number of alkyl halides is 3. The molecule has 3 aliphatic rings. The number of carbonyl (C=O) groups excluding carboxylic acids is 2. The van der Waals surface area contributed by atoms with Crippen LogP contribution >= 0.6 is 0 Å². The molecule has 3 N–H and O–H groups in total. The Labute approximate surface area is 212 Å². The highest BCUT2D eigenvalue weighted by Crippen LogP contribution is 2.51. The number of pyridine rings is 1. The van der Waals surface area contributed by atoms with E-state index < -0.39 is 42.2 Å². The molecule has 1 saturated carbocycles. The summed E-state index contributed by atoms with van der Waals surface area (Å²) < 4.78 is 45.7. The van der Waals surface area contributed by atoms with Gasteiger partial charge >= 0.3 is 6.18 Å². The summed E-state index contributed by atoms with van der Waals surface area (Å²) in [5.74, 6) is -1.41. The van der Waals surface area contributed by atoms with E-state index in [1.54, 1.807) is 42.7 Å². The number of carbonyl (C=O) groups is 2. The first-order valence-electron chi connectivity index (χ1n) is 12.2. The predicted octanol–water partition coefficient (Wildman–Crippen LogP) is 3.86. The van der Waals surface area contributed by atoms with Crippen molar-refractivity contribution in [2.75, 3.05) is 0 Å². The molecule has 5 atom stereocenters. The molecule has 0 bridgehead atoms. The summed E-state index contributed by atoms with van der Waals surface area (Å²) in [7, 11) is 0. The Bertz CT molecular complexity index is 1200. The summed E-state index contributed by atoms with van der Waals surface area (Å²) >= 11 is 0. The second kappa shape index (κ2) is 9.04. The number of para-hydroxylation sites is 1. The maximum Gasteiger partial charge on any atom is 0.425 e. The van der Waals surface area contributed by atoms with Crippen LogP contribution < -0.4 is 15.4 Å². The zero-order valence-electron chi connectivity index (χ0n) is 20.4. The van der Waals surface area contributed by atoms with E-state index in [1.165, 1.54) is 11.0 Å². The molecule has 196 valence electrons. The zero-order chi connectivity index (χ0) is 26.5. The Balaban J connectivity index is 1.37. The molecule has 2 aliphatic heterocycles. The highest BCUT2D eigenvalue weighted by molar-refractivity contribution is 5.99. The topological polar surface area (TPSA) is 107 Å². The molecule has 3 heterocycles. The zero-order valence-corrected chi connectivity index (χ0v) is 20.4. The van der Waals surface area contributed by atoms with E-state index in [1.807, 2.05) is 13.8 Å². The second-order valence-corrected chi connectivity index (χ2v) is 10.5. The minimum atomic E-state index is -4.57. The Morgan fingerprint density at radius 2 is 2.00 bits per heavy atom. The van der Waals surface area contributed by atoms with Crippen molar-refractivity contribution in [2.45, 2.75) is 63.0 Å². The van der Waals surface area contributed by atoms with Gasteiger partial charge < -0.3 is 15.4 Å². The fraction of sp³-hybridized carbons (Fsp3) is 0.462. The van der Waals surface area contributed by atoms with Crippen LogP contribution in [0.5, 0.6) is 5.75 Å². The minimum absolute atomic E-state index is 0.0486. The molecule has 5 rings (SSSR count). The molecule has 1 aliphatic carbocycles. The largest absolute Gasteiger partial charge is 0.480 e. The number of halogens is 3. The van der Waals surface area contributed by atoms with Gasteiger partial charge in [0.1, 0.15) is 5.75 Å². The molecule has 1 saturated heterocycles. The van der Waals surface area contributed by atoms with Crippen LogP contribution in [0.2, 0.25) is 0 Å². The van der Waals surface area contributed by atoms with Crippen molar-refractivity contribution in [3.63, 3.8) is 0 Å². The van der Waals surface area contributed by atoms with Crippen LogP contribution in [-0.4, -0.2) is 45.5 Å². The van der Waals surface area contributed by atoms with E-state index in [0.29, 0.717) is 17.5 Å². The number of guanidine groups is 1. The first-order chi connectivity index (χ1) is 17.4. The molecular weight excluding hydrogens is 487 g/mol. The summed E-state index contributed by atoms with van der Waals surface area (Å²) in [5.41, 5.74) is 0.614. The van der Waals surface area contributed by atoms with Crippen LogP contribution in [-0.2, 0) is 9.59 Å². The maximum atomic E-state index is 13.5. The summed E-state index contributed by atoms with van der Waals surface area (Å²) in [6, 6.07) is 8.46. The van der Waals surface area contributed by atoms with Crippen LogP contribution in [0.3, 0.4) is 0 Å². The third kappa shape index (κ3) is 4.99. The molecule has 1 aromatic carbocycles. The number of benzene rings is 1. The van der Waals surface area contributed by atoms with Crippen LogP contribution in [0.15, 0.2) is 48.8 Å². The van der Waals surface area contributed by atoms with Crippen LogP contribution in [0, 0.1) is 17.2 Å². The van der Waals surface area contributed by atoms with Gasteiger partial charge in [0.05, 0.1) is 12.1 Å². The molecule has 2 aromatic rings. The van der Waals surface area contributed by atoms with E-state index in [2.05, 4.69) is 15.6 Å². The van der Waals surface area contributed by atoms with Gasteiger partial charge in [-0.1, -0.05) is 24.3 Å². The highest BCUT2D eigenvalue weighted by Gasteiger charge is 2.54. The molecule has 1 aromatic heterocycles.